The zero-order valence-corrected chi connectivity index (χ0v) is 13.7. The van der Waals surface area contributed by atoms with E-state index >= 15 is 0 Å². The Hall–Kier alpha value is -1.91. The Morgan fingerprint density at radius 1 is 1.17 bits per heavy atom. The highest BCUT2D eigenvalue weighted by Gasteiger charge is 2.27. The molecule has 23 heavy (non-hydrogen) atoms. The Morgan fingerprint density at radius 3 is 2.48 bits per heavy atom. The SMILES string of the molecule is CC(c1nc2nccnc2c(=O)[nH]1)N1CCN(S(C)(=O)=O)CC1. The van der Waals surface area contributed by atoms with Crippen molar-refractivity contribution < 1.29 is 8.42 Å². The predicted octanol–water partition coefficient (Wildman–Crippen LogP) is -0.649. The van der Waals surface area contributed by atoms with Crippen molar-refractivity contribution in [1.82, 2.24) is 29.1 Å². The third kappa shape index (κ3) is 3.23. The second-order valence-electron chi connectivity index (χ2n) is 5.55. The molecular weight excluding hydrogens is 320 g/mol. The Balaban J connectivity index is 1.82. The molecule has 1 aliphatic heterocycles. The van der Waals surface area contributed by atoms with Crippen LogP contribution >= 0.6 is 0 Å². The van der Waals surface area contributed by atoms with Crippen LogP contribution in [0.2, 0.25) is 0 Å². The first-order chi connectivity index (χ1) is 10.9. The topological polar surface area (TPSA) is 112 Å². The third-order valence-electron chi connectivity index (χ3n) is 4.05. The van der Waals surface area contributed by atoms with Crippen molar-refractivity contribution in [3.8, 4) is 0 Å². The van der Waals surface area contributed by atoms with Gasteiger partial charge in [-0.05, 0) is 6.92 Å². The van der Waals surface area contributed by atoms with Crippen LogP contribution in [0.15, 0.2) is 17.2 Å². The number of aromatic nitrogens is 4. The Morgan fingerprint density at radius 2 is 1.83 bits per heavy atom. The molecule has 0 amide bonds. The van der Waals surface area contributed by atoms with Gasteiger partial charge in [-0.1, -0.05) is 0 Å². The van der Waals surface area contributed by atoms with Gasteiger partial charge in [0, 0.05) is 38.6 Å². The summed E-state index contributed by atoms with van der Waals surface area (Å²) in [4.78, 5) is 29.3. The number of nitrogens with one attached hydrogen (secondary N) is 1. The zero-order valence-electron chi connectivity index (χ0n) is 12.9. The molecule has 1 aliphatic rings. The first-order valence-electron chi connectivity index (χ1n) is 7.26. The number of hydrogen-bond acceptors (Lipinski definition) is 7. The van der Waals surface area contributed by atoms with Crippen LogP contribution in [-0.4, -0.2) is 70.0 Å². The lowest BCUT2D eigenvalue weighted by Crippen LogP contribution is -2.49. The van der Waals surface area contributed by atoms with E-state index in [-0.39, 0.29) is 17.1 Å². The van der Waals surface area contributed by atoms with Crippen molar-refractivity contribution in [1.29, 1.82) is 0 Å². The minimum absolute atomic E-state index is 0.143. The first kappa shape index (κ1) is 16.0. The highest BCUT2D eigenvalue weighted by atomic mass is 32.2. The molecule has 9 nitrogen and oxygen atoms in total. The molecule has 0 bridgehead atoms. The summed E-state index contributed by atoms with van der Waals surface area (Å²) < 4.78 is 24.6. The standard InChI is InChI=1S/C13H18N6O3S/c1-9(18-5-7-19(8-6-18)23(2,21)22)11-16-12-10(13(20)17-11)14-3-4-15-12/h3-4,9H,5-8H2,1-2H3,(H,15,16,17,20). The van der Waals surface area contributed by atoms with E-state index in [2.05, 4.69) is 24.8 Å². The second-order valence-corrected chi connectivity index (χ2v) is 7.54. The summed E-state index contributed by atoms with van der Waals surface area (Å²) in [6.45, 7) is 3.95. The molecule has 1 N–H and O–H groups in total. The third-order valence-corrected chi connectivity index (χ3v) is 5.35. The molecule has 10 heteroatoms. The van der Waals surface area contributed by atoms with Crippen molar-refractivity contribution in [2.45, 2.75) is 13.0 Å². The Labute approximate surface area is 133 Å². The smallest absolute Gasteiger partial charge is 0.279 e. The lowest BCUT2D eigenvalue weighted by molar-refractivity contribution is 0.141. The van der Waals surface area contributed by atoms with Gasteiger partial charge in [0.15, 0.2) is 11.2 Å². The van der Waals surface area contributed by atoms with Gasteiger partial charge in [0.2, 0.25) is 10.0 Å². The maximum absolute atomic E-state index is 12.1. The summed E-state index contributed by atoms with van der Waals surface area (Å²) in [5.74, 6) is 0.510. The molecule has 0 aliphatic carbocycles. The zero-order chi connectivity index (χ0) is 16.6. The molecule has 124 valence electrons. The van der Waals surface area contributed by atoms with E-state index in [0.717, 1.165) is 0 Å². The van der Waals surface area contributed by atoms with E-state index in [4.69, 9.17) is 0 Å². The van der Waals surface area contributed by atoms with Crippen LogP contribution in [0, 0.1) is 0 Å². The van der Waals surface area contributed by atoms with Gasteiger partial charge in [-0.15, -0.1) is 0 Å². The lowest BCUT2D eigenvalue weighted by atomic mass is 10.2. The van der Waals surface area contributed by atoms with E-state index in [1.165, 1.54) is 23.0 Å². The second kappa shape index (κ2) is 5.95. The molecule has 2 aromatic heterocycles. The number of fused-ring (bicyclic) bond motifs is 1. The van der Waals surface area contributed by atoms with Crippen LogP contribution in [-0.2, 0) is 10.0 Å². The van der Waals surface area contributed by atoms with E-state index in [0.29, 0.717) is 37.7 Å². The molecule has 3 rings (SSSR count). The number of nitrogens with zero attached hydrogens (tertiary/aromatic N) is 5. The number of rotatable bonds is 3. The van der Waals surface area contributed by atoms with Crippen molar-refractivity contribution in [2.75, 3.05) is 32.4 Å². The summed E-state index contributed by atoms with van der Waals surface area (Å²) in [6.07, 6.45) is 4.16. The number of sulfonamides is 1. The van der Waals surface area contributed by atoms with E-state index in [9.17, 15) is 13.2 Å². The van der Waals surface area contributed by atoms with Crippen LogP contribution in [0.3, 0.4) is 0 Å². The quantitative estimate of drug-likeness (QED) is 0.791. The molecule has 0 saturated carbocycles. The maximum atomic E-state index is 12.1. The fraction of sp³-hybridized carbons (Fsp3) is 0.538. The molecule has 0 spiro atoms. The molecule has 3 heterocycles. The molecule has 0 aromatic carbocycles. The maximum Gasteiger partial charge on any atom is 0.279 e. The van der Waals surface area contributed by atoms with Crippen LogP contribution in [0.25, 0.3) is 11.2 Å². The van der Waals surface area contributed by atoms with E-state index in [1.807, 2.05) is 6.92 Å². The van der Waals surface area contributed by atoms with E-state index in [1.54, 1.807) is 0 Å². The van der Waals surface area contributed by atoms with Crippen molar-refractivity contribution in [3.63, 3.8) is 0 Å². The number of hydrogen-bond donors (Lipinski definition) is 1. The lowest BCUT2D eigenvalue weighted by Gasteiger charge is -2.36. The average molecular weight is 338 g/mol. The van der Waals surface area contributed by atoms with Crippen molar-refractivity contribution in [3.05, 3.63) is 28.6 Å². The van der Waals surface area contributed by atoms with Gasteiger partial charge in [0.05, 0.1) is 12.3 Å². The van der Waals surface area contributed by atoms with Gasteiger partial charge < -0.3 is 4.98 Å². The molecule has 0 radical (unpaired) electrons. The number of aromatic amines is 1. The van der Waals surface area contributed by atoms with Gasteiger partial charge in [-0.3, -0.25) is 9.69 Å². The van der Waals surface area contributed by atoms with Crippen LogP contribution in [0.5, 0.6) is 0 Å². The van der Waals surface area contributed by atoms with E-state index < -0.39 is 10.0 Å². The fourth-order valence-electron chi connectivity index (χ4n) is 2.68. The monoisotopic (exact) mass is 338 g/mol. The fourth-order valence-corrected chi connectivity index (χ4v) is 3.51. The highest BCUT2D eigenvalue weighted by Crippen LogP contribution is 2.19. The Kier molecular flexibility index (Phi) is 4.13. The van der Waals surface area contributed by atoms with Crippen LogP contribution < -0.4 is 5.56 Å². The molecule has 2 aromatic rings. The summed E-state index contributed by atoms with van der Waals surface area (Å²) in [6, 6.07) is -0.143. The van der Waals surface area contributed by atoms with Gasteiger partial charge >= 0.3 is 0 Å². The summed E-state index contributed by atoms with van der Waals surface area (Å²) in [5, 5.41) is 0. The summed E-state index contributed by atoms with van der Waals surface area (Å²) in [7, 11) is -3.16. The number of H-pyrrole nitrogens is 1. The van der Waals surface area contributed by atoms with Gasteiger partial charge in [-0.25, -0.2) is 23.4 Å². The van der Waals surface area contributed by atoms with Gasteiger partial charge in [0.1, 0.15) is 5.82 Å². The predicted molar refractivity (Wildman–Crippen MR) is 84.4 cm³/mol. The number of piperazine rings is 1. The summed E-state index contributed by atoms with van der Waals surface area (Å²) >= 11 is 0. The highest BCUT2D eigenvalue weighted by molar-refractivity contribution is 7.88. The van der Waals surface area contributed by atoms with Crippen LogP contribution in [0.4, 0.5) is 0 Å². The van der Waals surface area contributed by atoms with Crippen LogP contribution in [0.1, 0.15) is 18.8 Å². The molecule has 1 fully saturated rings. The minimum atomic E-state index is -3.16. The summed E-state index contributed by atoms with van der Waals surface area (Å²) in [5.41, 5.74) is 0.206. The molecule has 1 atom stereocenters. The molecule has 1 unspecified atom stereocenters. The largest absolute Gasteiger partial charge is 0.307 e. The van der Waals surface area contributed by atoms with Gasteiger partial charge in [0.25, 0.3) is 5.56 Å². The molecule has 1 saturated heterocycles. The first-order valence-corrected chi connectivity index (χ1v) is 9.11. The normalized spacial score (nSPS) is 19.0. The average Bonchev–Trinajstić information content (AvgIpc) is 2.53. The van der Waals surface area contributed by atoms with Crippen molar-refractivity contribution >= 4 is 21.2 Å². The van der Waals surface area contributed by atoms with Gasteiger partial charge in [-0.2, -0.15) is 4.31 Å². The Bertz CT molecular complexity index is 873. The van der Waals surface area contributed by atoms with Crippen molar-refractivity contribution in [2.24, 2.45) is 0 Å². The molecular formula is C13H18N6O3S. The minimum Gasteiger partial charge on any atom is -0.307 e.